The first-order valence-electron chi connectivity index (χ1n) is 12.1. The molecule has 0 aromatic heterocycles. The molecule has 5 rings (SSSR count). The van der Waals surface area contributed by atoms with Crippen molar-refractivity contribution in [1.82, 2.24) is 4.90 Å². The van der Waals surface area contributed by atoms with Crippen LogP contribution in [-0.4, -0.2) is 36.5 Å². The largest absolute Gasteiger partial charge is 0.482 e. The smallest absolute Gasteiger partial charge is 0.344 e. The van der Waals surface area contributed by atoms with E-state index in [2.05, 4.69) is 24.3 Å². The number of amides is 1. The molecule has 3 aromatic carbocycles. The number of nitrogens with zero attached hydrogens (tertiary/aromatic N) is 1. The number of carbonyl (C=O) groups is 2. The molecule has 3 aromatic rings. The standard InChI is InChI=1S/C29H28ClNO4/c1-2-34-27(32)18-35-26-13-12-21(30)16-25(26)28-22-11-7-6-10-20(22)14-15-31(28)29(33)24-17-23(24)19-8-4-3-5-9-19/h3-13,16,23-24,28H,2,14-15,17-18H2,1H3/t23?,24?,28-/m0/s1. The first-order chi connectivity index (χ1) is 17.1. The molecular weight excluding hydrogens is 462 g/mol. The van der Waals surface area contributed by atoms with Gasteiger partial charge in [-0.25, -0.2) is 4.79 Å². The zero-order valence-corrected chi connectivity index (χ0v) is 20.4. The Morgan fingerprint density at radius 3 is 2.57 bits per heavy atom. The van der Waals surface area contributed by atoms with Crippen LogP contribution in [0.5, 0.6) is 5.75 Å². The maximum Gasteiger partial charge on any atom is 0.344 e. The zero-order chi connectivity index (χ0) is 24.4. The van der Waals surface area contributed by atoms with E-state index in [1.807, 2.05) is 41.3 Å². The summed E-state index contributed by atoms with van der Waals surface area (Å²) in [6.07, 6.45) is 1.65. The fraction of sp³-hybridized carbons (Fsp3) is 0.310. The van der Waals surface area contributed by atoms with Crippen molar-refractivity contribution < 1.29 is 19.1 Å². The lowest BCUT2D eigenvalue weighted by Crippen LogP contribution is -2.41. The molecule has 2 aliphatic rings. The second-order valence-corrected chi connectivity index (χ2v) is 9.45. The van der Waals surface area contributed by atoms with E-state index >= 15 is 0 Å². The van der Waals surface area contributed by atoms with Crippen LogP contribution in [0.1, 0.15) is 47.6 Å². The molecule has 1 aliphatic heterocycles. The molecule has 5 nitrogen and oxygen atoms in total. The van der Waals surface area contributed by atoms with Crippen molar-refractivity contribution in [3.8, 4) is 5.75 Å². The summed E-state index contributed by atoms with van der Waals surface area (Å²) in [6.45, 7) is 2.46. The van der Waals surface area contributed by atoms with Gasteiger partial charge in [0.2, 0.25) is 5.91 Å². The Morgan fingerprint density at radius 2 is 1.77 bits per heavy atom. The van der Waals surface area contributed by atoms with Crippen molar-refractivity contribution in [3.05, 3.63) is 100 Å². The number of carbonyl (C=O) groups excluding carboxylic acids is 2. The number of fused-ring (bicyclic) bond motifs is 1. The van der Waals surface area contributed by atoms with E-state index in [0.717, 1.165) is 24.0 Å². The summed E-state index contributed by atoms with van der Waals surface area (Å²) in [4.78, 5) is 27.8. The van der Waals surface area contributed by atoms with E-state index in [4.69, 9.17) is 21.1 Å². The maximum atomic E-state index is 13.9. The first kappa shape index (κ1) is 23.4. The Hall–Kier alpha value is -3.31. The van der Waals surface area contributed by atoms with E-state index in [9.17, 15) is 9.59 Å². The second kappa shape index (κ2) is 10.1. The van der Waals surface area contributed by atoms with Crippen LogP contribution >= 0.6 is 11.6 Å². The molecule has 6 heteroatoms. The molecule has 35 heavy (non-hydrogen) atoms. The van der Waals surface area contributed by atoms with Crippen LogP contribution in [0, 0.1) is 5.92 Å². The molecule has 1 fully saturated rings. The van der Waals surface area contributed by atoms with Crippen LogP contribution in [0.4, 0.5) is 0 Å². The monoisotopic (exact) mass is 489 g/mol. The topological polar surface area (TPSA) is 55.8 Å². The van der Waals surface area contributed by atoms with Crippen LogP contribution in [0.25, 0.3) is 0 Å². The Labute approximate surface area is 210 Å². The minimum atomic E-state index is -0.436. The summed E-state index contributed by atoms with van der Waals surface area (Å²) in [5.74, 6) is 0.453. The van der Waals surface area contributed by atoms with Gasteiger partial charge < -0.3 is 14.4 Å². The molecule has 0 saturated heterocycles. The Morgan fingerprint density at radius 1 is 1.00 bits per heavy atom. The average Bonchev–Trinajstić information content (AvgIpc) is 3.69. The van der Waals surface area contributed by atoms with Gasteiger partial charge >= 0.3 is 5.97 Å². The highest BCUT2D eigenvalue weighted by Gasteiger charge is 2.48. The summed E-state index contributed by atoms with van der Waals surface area (Å²) >= 11 is 6.43. The van der Waals surface area contributed by atoms with Gasteiger partial charge in [-0.1, -0.05) is 66.2 Å². The minimum Gasteiger partial charge on any atom is -0.482 e. The Bertz CT molecular complexity index is 1230. The summed E-state index contributed by atoms with van der Waals surface area (Å²) in [5, 5.41) is 0.549. The number of rotatable bonds is 7. The predicted molar refractivity (Wildman–Crippen MR) is 135 cm³/mol. The fourth-order valence-electron chi connectivity index (χ4n) is 5.09. The molecule has 1 aliphatic carbocycles. The quantitative estimate of drug-likeness (QED) is 0.408. The van der Waals surface area contributed by atoms with Crippen LogP contribution in [0.3, 0.4) is 0 Å². The van der Waals surface area contributed by atoms with Gasteiger partial charge in [0.1, 0.15) is 5.75 Å². The van der Waals surface area contributed by atoms with E-state index in [0.29, 0.717) is 17.3 Å². The van der Waals surface area contributed by atoms with Crippen molar-refractivity contribution in [1.29, 1.82) is 0 Å². The highest BCUT2D eigenvalue weighted by Crippen LogP contribution is 2.51. The van der Waals surface area contributed by atoms with Gasteiger partial charge in [-0.2, -0.15) is 0 Å². The van der Waals surface area contributed by atoms with Gasteiger partial charge in [-0.15, -0.1) is 0 Å². The van der Waals surface area contributed by atoms with Crippen molar-refractivity contribution in [2.45, 2.75) is 31.7 Å². The van der Waals surface area contributed by atoms with Gasteiger partial charge in [0.25, 0.3) is 0 Å². The lowest BCUT2D eigenvalue weighted by molar-refractivity contribution is -0.145. The van der Waals surface area contributed by atoms with Crippen LogP contribution in [-0.2, 0) is 20.7 Å². The van der Waals surface area contributed by atoms with E-state index < -0.39 is 5.97 Å². The summed E-state index contributed by atoms with van der Waals surface area (Å²) in [5.41, 5.74) is 4.25. The lowest BCUT2D eigenvalue weighted by atomic mass is 9.87. The Kier molecular flexibility index (Phi) is 6.78. The molecule has 180 valence electrons. The number of halogens is 1. The maximum absolute atomic E-state index is 13.9. The van der Waals surface area contributed by atoms with Crippen LogP contribution in [0.2, 0.25) is 5.02 Å². The fourth-order valence-corrected chi connectivity index (χ4v) is 5.27. The van der Waals surface area contributed by atoms with E-state index in [1.54, 1.807) is 19.1 Å². The van der Waals surface area contributed by atoms with Crippen molar-refractivity contribution in [2.24, 2.45) is 5.92 Å². The van der Waals surface area contributed by atoms with Gasteiger partial charge in [-0.3, -0.25) is 4.79 Å². The molecular formula is C29H28ClNO4. The lowest BCUT2D eigenvalue weighted by Gasteiger charge is -2.38. The van der Waals surface area contributed by atoms with Crippen LogP contribution < -0.4 is 4.74 Å². The van der Waals surface area contributed by atoms with E-state index in [1.165, 1.54) is 11.1 Å². The second-order valence-electron chi connectivity index (χ2n) is 9.02. The highest BCUT2D eigenvalue weighted by molar-refractivity contribution is 6.30. The van der Waals surface area contributed by atoms with Gasteiger partial charge in [-0.05, 0) is 60.6 Å². The highest BCUT2D eigenvalue weighted by atomic mass is 35.5. The third kappa shape index (κ3) is 4.92. The zero-order valence-electron chi connectivity index (χ0n) is 19.7. The summed E-state index contributed by atoms with van der Waals surface area (Å²) < 4.78 is 10.9. The molecule has 0 spiro atoms. The molecule has 2 unspecified atom stereocenters. The molecule has 1 heterocycles. The van der Waals surface area contributed by atoms with Crippen LogP contribution in [0.15, 0.2) is 72.8 Å². The SMILES string of the molecule is CCOC(=O)COc1ccc(Cl)cc1[C@@H]1c2ccccc2CCN1C(=O)C1CC1c1ccccc1. The van der Waals surface area contributed by atoms with Gasteiger partial charge in [0.15, 0.2) is 6.61 Å². The van der Waals surface area contributed by atoms with Crippen molar-refractivity contribution >= 4 is 23.5 Å². The number of benzene rings is 3. The minimum absolute atomic E-state index is 0.0340. The number of hydrogen-bond acceptors (Lipinski definition) is 4. The predicted octanol–water partition coefficient (Wildman–Crippen LogP) is 5.56. The molecule has 3 atom stereocenters. The molecule has 0 radical (unpaired) electrons. The number of esters is 1. The number of hydrogen-bond donors (Lipinski definition) is 0. The molecule has 1 amide bonds. The Balaban J connectivity index is 1.49. The summed E-state index contributed by atoms with van der Waals surface area (Å²) in [6, 6.07) is 23.4. The van der Waals surface area contributed by atoms with Gasteiger partial charge in [0.05, 0.1) is 12.6 Å². The normalized spacial score (nSPS) is 20.6. The third-order valence-electron chi connectivity index (χ3n) is 6.82. The molecule has 0 N–H and O–H groups in total. The average molecular weight is 490 g/mol. The summed E-state index contributed by atoms with van der Waals surface area (Å²) in [7, 11) is 0. The molecule has 0 bridgehead atoms. The van der Waals surface area contributed by atoms with E-state index in [-0.39, 0.29) is 37.0 Å². The molecule has 1 saturated carbocycles. The first-order valence-corrected chi connectivity index (χ1v) is 12.5. The van der Waals surface area contributed by atoms with Gasteiger partial charge in [0, 0.05) is 23.0 Å². The number of ether oxygens (including phenoxy) is 2. The third-order valence-corrected chi connectivity index (χ3v) is 7.05. The van der Waals surface area contributed by atoms with Crippen molar-refractivity contribution in [2.75, 3.05) is 19.8 Å². The van der Waals surface area contributed by atoms with Crippen molar-refractivity contribution in [3.63, 3.8) is 0 Å².